The maximum absolute atomic E-state index is 9.12. The average Bonchev–Trinajstić information content (AvgIpc) is 2.68. The van der Waals surface area contributed by atoms with Crippen molar-refractivity contribution in [2.45, 2.75) is 0 Å². The molecule has 1 N–H and O–H groups in total. The smallest absolute Gasteiger partial charge is 0.134 e. The molecular formula is C10H8N2OS. The van der Waals surface area contributed by atoms with Crippen LogP contribution in [-0.4, -0.2) is 15.1 Å². The largest absolute Gasteiger partial charge is 0.506 e. The molecule has 0 bridgehead atoms. The summed E-state index contributed by atoms with van der Waals surface area (Å²) in [7, 11) is 0. The lowest BCUT2D eigenvalue weighted by Crippen LogP contribution is -1.81. The fraction of sp³-hybridized carbons (Fsp3) is 0. The predicted octanol–water partition coefficient (Wildman–Crippen LogP) is 2.73. The summed E-state index contributed by atoms with van der Waals surface area (Å²) >= 11 is 1.46. The molecule has 0 saturated carbocycles. The molecule has 14 heavy (non-hydrogen) atoms. The van der Waals surface area contributed by atoms with Crippen molar-refractivity contribution in [2.24, 2.45) is 0 Å². The highest BCUT2D eigenvalue weighted by molar-refractivity contribution is 7.13. The molecule has 0 unspecified atom stereocenters. The van der Waals surface area contributed by atoms with Crippen molar-refractivity contribution in [3.8, 4) is 10.6 Å². The highest BCUT2D eigenvalue weighted by Gasteiger charge is 2.05. The Morgan fingerprint density at radius 1 is 1.50 bits per heavy atom. The van der Waals surface area contributed by atoms with Crippen LogP contribution >= 0.6 is 11.3 Å². The Morgan fingerprint density at radius 2 is 2.36 bits per heavy atom. The molecule has 0 spiro atoms. The minimum absolute atomic E-state index is 0.00334. The van der Waals surface area contributed by atoms with E-state index < -0.39 is 0 Å². The van der Waals surface area contributed by atoms with Crippen LogP contribution in [0.2, 0.25) is 0 Å². The maximum Gasteiger partial charge on any atom is 0.134 e. The molecule has 0 amide bonds. The number of hydrogen-bond donors (Lipinski definition) is 1. The average molecular weight is 204 g/mol. The van der Waals surface area contributed by atoms with Crippen molar-refractivity contribution >= 4 is 17.1 Å². The lowest BCUT2D eigenvalue weighted by molar-refractivity contribution is 0.511. The van der Waals surface area contributed by atoms with Crippen LogP contribution in [0.3, 0.4) is 0 Å². The lowest BCUT2D eigenvalue weighted by Gasteiger charge is -1.93. The van der Waals surface area contributed by atoms with Gasteiger partial charge in [-0.1, -0.05) is 6.58 Å². The SMILES string of the molecule is C=C(O)c1csc(-c2cccnc2)n1. The van der Waals surface area contributed by atoms with Gasteiger partial charge in [0.1, 0.15) is 16.5 Å². The second-order valence-electron chi connectivity index (χ2n) is 2.73. The first-order chi connectivity index (χ1) is 6.77. The zero-order chi connectivity index (χ0) is 9.97. The van der Waals surface area contributed by atoms with Gasteiger partial charge in [0.2, 0.25) is 0 Å². The number of pyridine rings is 1. The molecule has 0 fully saturated rings. The van der Waals surface area contributed by atoms with Gasteiger partial charge in [0.15, 0.2) is 0 Å². The van der Waals surface area contributed by atoms with Crippen molar-refractivity contribution in [1.29, 1.82) is 0 Å². The van der Waals surface area contributed by atoms with Gasteiger partial charge in [-0.15, -0.1) is 11.3 Å². The summed E-state index contributed by atoms with van der Waals surface area (Å²) in [5.74, 6) is -0.00334. The van der Waals surface area contributed by atoms with Crippen molar-refractivity contribution in [3.05, 3.63) is 42.2 Å². The first-order valence-electron chi connectivity index (χ1n) is 4.01. The summed E-state index contributed by atoms with van der Waals surface area (Å²) in [5.41, 5.74) is 1.47. The van der Waals surface area contributed by atoms with Gasteiger partial charge in [0.05, 0.1) is 0 Å². The monoisotopic (exact) mass is 204 g/mol. The van der Waals surface area contributed by atoms with Crippen LogP contribution in [-0.2, 0) is 0 Å². The molecule has 0 radical (unpaired) electrons. The number of hydrogen-bond acceptors (Lipinski definition) is 4. The van der Waals surface area contributed by atoms with E-state index in [0.717, 1.165) is 10.6 Å². The molecule has 70 valence electrons. The van der Waals surface area contributed by atoms with Gasteiger partial charge >= 0.3 is 0 Å². The minimum atomic E-state index is -0.00334. The highest BCUT2D eigenvalue weighted by atomic mass is 32.1. The van der Waals surface area contributed by atoms with Crippen LogP contribution < -0.4 is 0 Å². The molecule has 0 aliphatic heterocycles. The van der Waals surface area contributed by atoms with Gasteiger partial charge < -0.3 is 5.11 Å². The van der Waals surface area contributed by atoms with E-state index in [1.807, 2.05) is 12.1 Å². The Bertz CT molecular complexity index is 450. The van der Waals surface area contributed by atoms with E-state index in [0.29, 0.717) is 5.69 Å². The number of aliphatic hydroxyl groups excluding tert-OH is 1. The van der Waals surface area contributed by atoms with Gasteiger partial charge in [-0.05, 0) is 12.1 Å². The lowest BCUT2D eigenvalue weighted by atomic mass is 10.3. The fourth-order valence-electron chi connectivity index (χ4n) is 1.03. The van der Waals surface area contributed by atoms with Gasteiger partial charge in [-0.2, -0.15) is 0 Å². The van der Waals surface area contributed by atoms with E-state index in [1.165, 1.54) is 11.3 Å². The standard InChI is InChI=1S/C10H8N2OS/c1-7(13)9-6-14-10(12-9)8-3-2-4-11-5-8/h2-6,13H,1H2. The first-order valence-corrected chi connectivity index (χ1v) is 4.89. The summed E-state index contributed by atoms with van der Waals surface area (Å²) in [6.45, 7) is 3.42. The minimum Gasteiger partial charge on any atom is -0.506 e. The normalized spacial score (nSPS) is 10.0. The van der Waals surface area contributed by atoms with Crippen molar-refractivity contribution in [3.63, 3.8) is 0 Å². The fourth-order valence-corrected chi connectivity index (χ4v) is 1.85. The van der Waals surface area contributed by atoms with Crippen LogP contribution in [0.5, 0.6) is 0 Å². The van der Waals surface area contributed by atoms with Crippen LogP contribution in [0.15, 0.2) is 36.5 Å². The Balaban J connectivity index is 2.39. The Hall–Kier alpha value is -1.68. The summed E-state index contributed by atoms with van der Waals surface area (Å²) in [6.07, 6.45) is 3.45. The van der Waals surface area contributed by atoms with Crippen LogP contribution in [0.1, 0.15) is 5.69 Å². The summed E-state index contributed by atoms with van der Waals surface area (Å²) in [5, 5.41) is 11.7. The molecule has 0 aliphatic rings. The molecule has 3 nitrogen and oxygen atoms in total. The van der Waals surface area contributed by atoms with E-state index in [-0.39, 0.29) is 5.76 Å². The Labute approximate surface area is 85.4 Å². The third-order valence-electron chi connectivity index (χ3n) is 1.71. The summed E-state index contributed by atoms with van der Waals surface area (Å²) < 4.78 is 0. The van der Waals surface area contributed by atoms with E-state index in [4.69, 9.17) is 5.11 Å². The second kappa shape index (κ2) is 3.59. The number of aromatic nitrogens is 2. The topological polar surface area (TPSA) is 46.0 Å². The molecule has 2 rings (SSSR count). The van der Waals surface area contributed by atoms with E-state index >= 15 is 0 Å². The van der Waals surface area contributed by atoms with Gasteiger partial charge in [-0.3, -0.25) is 4.98 Å². The quantitative estimate of drug-likeness (QED) is 0.765. The Morgan fingerprint density at radius 3 is 2.93 bits per heavy atom. The van der Waals surface area contributed by atoms with Crippen molar-refractivity contribution in [2.75, 3.05) is 0 Å². The van der Waals surface area contributed by atoms with E-state index in [9.17, 15) is 0 Å². The van der Waals surface area contributed by atoms with Gasteiger partial charge in [0, 0.05) is 23.3 Å². The second-order valence-corrected chi connectivity index (χ2v) is 3.58. The van der Waals surface area contributed by atoms with E-state index in [2.05, 4.69) is 16.5 Å². The summed E-state index contributed by atoms with van der Waals surface area (Å²) in [4.78, 5) is 8.21. The molecule has 2 aromatic heterocycles. The molecule has 0 atom stereocenters. The molecule has 2 heterocycles. The Kier molecular flexibility index (Phi) is 2.28. The molecule has 2 aromatic rings. The van der Waals surface area contributed by atoms with Crippen LogP contribution in [0.4, 0.5) is 0 Å². The third kappa shape index (κ3) is 1.65. The number of rotatable bonds is 2. The highest BCUT2D eigenvalue weighted by Crippen LogP contribution is 2.24. The molecule has 0 aliphatic carbocycles. The molecule has 4 heteroatoms. The number of nitrogens with zero attached hydrogens (tertiary/aromatic N) is 2. The molecule has 0 saturated heterocycles. The number of aliphatic hydroxyl groups is 1. The summed E-state index contributed by atoms with van der Waals surface area (Å²) in [6, 6.07) is 3.78. The zero-order valence-corrected chi connectivity index (χ0v) is 8.16. The zero-order valence-electron chi connectivity index (χ0n) is 7.34. The van der Waals surface area contributed by atoms with Crippen molar-refractivity contribution < 1.29 is 5.11 Å². The molecular weight excluding hydrogens is 196 g/mol. The van der Waals surface area contributed by atoms with Crippen LogP contribution in [0, 0.1) is 0 Å². The van der Waals surface area contributed by atoms with Crippen LogP contribution in [0.25, 0.3) is 16.3 Å². The predicted molar refractivity (Wildman–Crippen MR) is 57.0 cm³/mol. The first kappa shape index (κ1) is 8.90. The van der Waals surface area contributed by atoms with E-state index in [1.54, 1.807) is 17.8 Å². The molecule has 0 aromatic carbocycles. The number of thiazole rings is 1. The van der Waals surface area contributed by atoms with Gasteiger partial charge in [-0.25, -0.2) is 4.98 Å². The van der Waals surface area contributed by atoms with Gasteiger partial charge in [0.25, 0.3) is 0 Å². The third-order valence-corrected chi connectivity index (χ3v) is 2.60. The maximum atomic E-state index is 9.12. The van der Waals surface area contributed by atoms with Crippen molar-refractivity contribution in [1.82, 2.24) is 9.97 Å².